The second kappa shape index (κ2) is 6.29. The Morgan fingerprint density at radius 3 is 2.44 bits per heavy atom. The normalized spacial score (nSPS) is 14.2. The molecule has 1 aromatic rings. The minimum atomic E-state index is -0.584. The Bertz CT molecular complexity index is 358. The lowest BCUT2D eigenvalue weighted by Gasteiger charge is -2.40. The Kier molecular flexibility index (Phi) is 5.28. The van der Waals surface area contributed by atoms with Gasteiger partial charge in [-0.15, -0.1) is 5.10 Å². The van der Waals surface area contributed by atoms with Crippen LogP contribution in [0.3, 0.4) is 0 Å². The Morgan fingerprint density at radius 1 is 1.33 bits per heavy atom. The summed E-state index contributed by atoms with van der Waals surface area (Å²) in [6, 6.07) is 0. The van der Waals surface area contributed by atoms with Gasteiger partial charge in [0.15, 0.2) is 0 Å². The zero-order chi connectivity index (χ0) is 13.8. The number of hydrogen-bond donors (Lipinski definition) is 1. The summed E-state index contributed by atoms with van der Waals surface area (Å²) in [5.74, 6) is 0. The molecule has 0 saturated carbocycles. The number of likely N-dealkylation sites (N-methyl/N-ethyl adjacent to an activating group) is 1. The summed E-state index contributed by atoms with van der Waals surface area (Å²) in [5, 5.41) is 18.6. The van der Waals surface area contributed by atoms with Crippen LogP contribution >= 0.6 is 0 Å². The van der Waals surface area contributed by atoms with E-state index in [4.69, 9.17) is 0 Å². The van der Waals surface area contributed by atoms with E-state index < -0.39 is 6.10 Å². The number of aliphatic hydroxyl groups excluding tert-OH is 1. The molecule has 0 bridgehead atoms. The SMILES string of the molecule is CCCn1nncc1C(O)C(C)(C)N(CC)CC. The number of aryl methyl sites for hydroxylation is 1. The van der Waals surface area contributed by atoms with Gasteiger partial charge in [0.25, 0.3) is 0 Å². The second-order valence-corrected chi connectivity index (χ2v) is 5.11. The highest BCUT2D eigenvalue weighted by Crippen LogP contribution is 2.30. The molecule has 1 N–H and O–H groups in total. The molecule has 5 nitrogen and oxygen atoms in total. The average molecular weight is 254 g/mol. The van der Waals surface area contributed by atoms with E-state index in [1.807, 2.05) is 0 Å². The molecule has 18 heavy (non-hydrogen) atoms. The van der Waals surface area contributed by atoms with Crippen molar-refractivity contribution in [2.45, 2.75) is 59.2 Å². The maximum absolute atomic E-state index is 10.6. The van der Waals surface area contributed by atoms with Gasteiger partial charge in [-0.1, -0.05) is 26.0 Å². The summed E-state index contributed by atoms with van der Waals surface area (Å²) in [7, 11) is 0. The van der Waals surface area contributed by atoms with Crippen LogP contribution in [-0.4, -0.2) is 43.6 Å². The van der Waals surface area contributed by atoms with Gasteiger partial charge >= 0.3 is 0 Å². The van der Waals surface area contributed by atoms with Gasteiger partial charge in [0.05, 0.1) is 11.9 Å². The molecule has 5 heteroatoms. The van der Waals surface area contributed by atoms with Crippen LogP contribution in [0.4, 0.5) is 0 Å². The van der Waals surface area contributed by atoms with Crippen LogP contribution in [0.15, 0.2) is 6.20 Å². The van der Waals surface area contributed by atoms with Crippen molar-refractivity contribution in [3.63, 3.8) is 0 Å². The first-order chi connectivity index (χ1) is 8.48. The van der Waals surface area contributed by atoms with Crippen molar-refractivity contribution in [1.82, 2.24) is 19.9 Å². The Hall–Kier alpha value is -0.940. The molecule has 0 aliphatic carbocycles. The molecule has 1 heterocycles. The van der Waals surface area contributed by atoms with Crippen molar-refractivity contribution in [2.75, 3.05) is 13.1 Å². The van der Waals surface area contributed by atoms with E-state index >= 15 is 0 Å². The van der Waals surface area contributed by atoms with Crippen LogP contribution in [0.5, 0.6) is 0 Å². The van der Waals surface area contributed by atoms with Gasteiger partial charge in [0.1, 0.15) is 6.10 Å². The predicted octanol–water partition coefficient (Wildman–Crippen LogP) is 1.84. The Balaban J connectivity index is 2.97. The van der Waals surface area contributed by atoms with Gasteiger partial charge in [-0.2, -0.15) is 0 Å². The highest BCUT2D eigenvalue weighted by molar-refractivity contribution is 5.07. The lowest BCUT2D eigenvalue weighted by molar-refractivity contribution is -0.0112. The molecule has 0 aliphatic heterocycles. The minimum Gasteiger partial charge on any atom is -0.385 e. The number of aromatic nitrogens is 3. The molecule has 0 aliphatic rings. The zero-order valence-corrected chi connectivity index (χ0v) is 12.2. The molecule has 1 rings (SSSR count). The maximum Gasteiger partial charge on any atom is 0.115 e. The highest BCUT2D eigenvalue weighted by Gasteiger charge is 2.35. The van der Waals surface area contributed by atoms with Gasteiger partial charge in [-0.25, -0.2) is 4.68 Å². The number of hydrogen-bond acceptors (Lipinski definition) is 4. The van der Waals surface area contributed by atoms with E-state index in [1.54, 1.807) is 10.9 Å². The molecule has 0 spiro atoms. The van der Waals surface area contributed by atoms with E-state index in [1.165, 1.54) is 0 Å². The molecule has 0 amide bonds. The third-order valence-corrected chi connectivity index (χ3v) is 3.61. The Morgan fingerprint density at radius 2 is 1.94 bits per heavy atom. The maximum atomic E-state index is 10.6. The fraction of sp³-hybridized carbons (Fsp3) is 0.846. The van der Waals surface area contributed by atoms with Gasteiger partial charge in [-0.05, 0) is 33.4 Å². The van der Waals surface area contributed by atoms with Crippen molar-refractivity contribution in [2.24, 2.45) is 0 Å². The predicted molar refractivity (Wildman–Crippen MR) is 72.3 cm³/mol. The molecule has 1 aromatic heterocycles. The Labute approximate surface area is 110 Å². The standard InChI is InChI=1S/C13H26N4O/c1-6-9-17-11(10-14-15-17)12(18)13(4,5)16(7-2)8-3/h10,12,18H,6-9H2,1-5H3. The number of rotatable bonds is 7. The summed E-state index contributed by atoms with van der Waals surface area (Å²) in [6.07, 6.45) is 2.07. The molecule has 0 aromatic carbocycles. The first kappa shape index (κ1) is 15.1. The summed E-state index contributed by atoms with van der Waals surface area (Å²) in [4.78, 5) is 2.25. The van der Waals surface area contributed by atoms with Gasteiger partial charge in [0.2, 0.25) is 0 Å². The largest absolute Gasteiger partial charge is 0.385 e. The molecular weight excluding hydrogens is 228 g/mol. The van der Waals surface area contributed by atoms with E-state index in [9.17, 15) is 5.11 Å². The van der Waals surface area contributed by atoms with Crippen molar-refractivity contribution in [3.05, 3.63) is 11.9 Å². The molecule has 104 valence electrons. The first-order valence-electron chi connectivity index (χ1n) is 6.80. The summed E-state index contributed by atoms with van der Waals surface area (Å²) < 4.78 is 1.80. The number of aliphatic hydroxyl groups is 1. The van der Waals surface area contributed by atoms with Gasteiger partial charge < -0.3 is 5.11 Å². The lowest BCUT2D eigenvalue weighted by Crippen LogP contribution is -2.48. The van der Waals surface area contributed by atoms with Crippen LogP contribution in [0.2, 0.25) is 0 Å². The summed E-state index contributed by atoms with van der Waals surface area (Å²) in [6.45, 7) is 13.1. The van der Waals surface area contributed by atoms with Crippen LogP contribution in [-0.2, 0) is 6.54 Å². The minimum absolute atomic E-state index is 0.323. The quantitative estimate of drug-likeness (QED) is 0.806. The van der Waals surface area contributed by atoms with E-state index in [0.717, 1.165) is 31.7 Å². The molecule has 0 fully saturated rings. The molecule has 0 saturated heterocycles. The van der Waals surface area contributed by atoms with Crippen LogP contribution in [0, 0.1) is 0 Å². The summed E-state index contributed by atoms with van der Waals surface area (Å²) in [5.41, 5.74) is 0.477. The molecule has 1 atom stereocenters. The fourth-order valence-corrected chi connectivity index (χ4v) is 2.44. The van der Waals surface area contributed by atoms with Gasteiger partial charge in [-0.3, -0.25) is 4.90 Å². The summed E-state index contributed by atoms with van der Waals surface area (Å²) >= 11 is 0. The van der Waals surface area contributed by atoms with E-state index in [0.29, 0.717) is 0 Å². The lowest BCUT2D eigenvalue weighted by atomic mass is 9.92. The van der Waals surface area contributed by atoms with Crippen molar-refractivity contribution in [1.29, 1.82) is 0 Å². The topological polar surface area (TPSA) is 54.2 Å². The van der Waals surface area contributed by atoms with Crippen LogP contribution in [0.1, 0.15) is 52.8 Å². The molecular formula is C13H26N4O. The molecule has 0 radical (unpaired) electrons. The van der Waals surface area contributed by atoms with E-state index in [-0.39, 0.29) is 5.54 Å². The third kappa shape index (κ3) is 2.90. The second-order valence-electron chi connectivity index (χ2n) is 5.11. The van der Waals surface area contributed by atoms with Crippen molar-refractivity contribution in [3.8, 4) is 0 Å². The first-order valence-corrected chi connectivity index (χ1v) is 6.80. The fourth-order valence-electron chi connectivity index (χ4n) is 2.44. The molecule has 1 unspecified atom stereocenters. The van der Waals surface area contributed by atoms with Crippen molar-refractivity contribution < 1.29 is 5.11 Å². The smallest absolute Gasteiger partial charge is 0.115 e. The monoisotopic (exact) mass is 254 g/mol. The number of nitrogens with zero attached hydrogens (tertiary/aromatic N) is 4. The average Bonchev–Trinajstić information content (AvgIpc) is 2.78. The highest BCUT2D eigenvalue weighted by atomic mass is 16.3. The van der Waals surface area contributed by atoms with Crippen molar-refractivity contribution >= 4 is 0 Å². The van der Waals surface area contributed by atoms with Crippen LogP contribution < -0.4 is 0 Å². The zero-order valence-electron chi connectivity index (χ0n) is 12.2. The van der Waals surface area contributed by atoms with E-state index in [2.05, 4.69) is 49.8 Å². The van der Waals surface area contributed by atoms with Crippen LogP contribution in [0.25, 0.3) is 0 Å². The van der Waals surface area contributed by atoms with Gasteiger partial charge in [0, 0.05) is 12.1 Å². The third-order valence-electron chi connectivity index (χ3n) is 3.61.